The largest absolute Gasteiger partial charge is 0.494 e. The molecule has 1 aliphatic heterocycles. The second-order valence-corrected chi connectivity index (χ2v) is 6.84. The van der Waals surface area contributed by atoms with Gasteiger partial charge in [-0.3, -0.25) is 0 Å². The average molecular weight is 389 g/mol. The minimum absolute atomic E-state index is 0.171. The predicted molar refractivity (Wildman–Crippen MR) is 106 cm³/mol. The summed E-state index contributed by atoms with van der Waals surface area (Å²) in [6, 6.07) is 9.66. The molecule has 0 bridgehead atoms. The number of nitrogens with zero attached hydrogens (tertiary/aromatic N) is 1. The molecule has 150 valence electrons. The van der Waals surface area contributed by atoms with Gasteiger partial charge in [-0.15, -0.1) is 0 Å². The van der Waals surface area contributed by atoms with Gasteiger partial charge in [-0.2, -0.15) is 0 Å². The van der Waals surface area contributed by atoms with Gasteiger partial charge in [0.2, 0.25) is 0 Å². The Kier molecular flexibility index (Phi) is 7.19. The van der Waals surface area contributed by atoms with E-state index in [1.165, 1.54) is 38.4 Å². The highest BCUT2D eigenvalue weighted by Gasteiger charge is 2.09. The highest BCUT2D eigenvalue weighted by atomic mass is 19.2. The van der Waals surface area contributed by atoms with Gasteiger partial charge in [-0.1, -0.05) is 6.42 Å². The lowest BCUT2D eigenvalue weighted by Crippen LogP contribution is -2.31. The molecule has 2 aromatic rings. The summed E-state index contributed by atoms with van der Waals surface area (Å²) in [7, 11) is 0. The molecule has 28 heavy (non-hydrogen) atoms. The van der Waals surface area contributed by atoms with E-state index in [1.54, 1.807) is 24.3 Å². The first-order valence-corrected chi connectivity index (χ1v) is 9.58. The number of hydrogen-bond acceptors (Lipinski definition) is 3. The molecular weight excluding hydrogens is 364 g/mol. The zero-order valence-corrected chi connectivity index (χ0v) is 15.7. The maximum atomic E-state index is 13.2. The summed E-state index contributed by atoms with van der Waals surface area (Å²) in [6.45, 7) is 4.09. The first kappa shape index (κ1) is 20.1. The van der Waals surface area contributed by atoms with E-state index in [4.69, 9.17) is 4.74 Å². The molecule has 0 spiro atoms. The van der Waals surface area contributed by atoms with Crippen molar-refractivity contribution in [1.29, 1.82) is 0 Å². The summed E-state index contributed by atoms with van der Waals surface area (Å²) in [4.78, 5) is 14.4. The fourth-order valence-electron chi connectivity index (χ4n) is 3.16. The van der Waals surface area contributed by atoms with Crippen molar-refractivity contribution < 1.29 is 18.3 Å². The van der Waals surface area contributed by atoms with Crippen LogP contribution < -0.4 is 15.4 Å². The van der Waals surface area contributed by atoms with Gasteiger partial charge < -0.3 is 20.3 Å². The predicted octanol–water partition coefficient (Wildman–Crippen LogP) is 4.86. The van der Waals surface area contributed by atoms with Crippen molar-refractivity contribution in [3.05, 3.63) is 54.1 Å². The van der Waals surface area contributed by atoms with E-state index >= 15 is 0 Å². The molecule has 0 unspecified atom stereocenters. The number of halogens is 2. The van der Waals surface area contributed by atoms with Crippen LogP contribution in [0.4, 0.5) is 25.0 Å². The van der Waals surface area contributed by atoms with Crippen LogP contribution in [0.25, 0.3) is 0 Å². The molecule has 7 heteroatoms. The Morgan fingerprint density at radius 2 is 1.61 bits per heavy atom. The molecule has 0 aliphatic carbocycles. The first-order chi connectivity index (χ1) is 13.6. The maximum absolute atomic E-state index is 13.2. The number of rotatable bonds is 7. The smallest absolute Gasteiger partial charge is 0.323 e. The first-order valence-electron chi connectivity index (χ1n) is 9.58. The summed E-state index contributed by atoms with van der Waals surface area (Å²) in [5.74, 6) is -1.23. The zero-order valence-electron chi connectivity index (χ0n) is 15.7. The van der Waals surface area contributed by atoms with E-state index in [9.17, 15) is 13.6 Å². The van der Waals surface area contributed by atoms with Crippen LogP contribution in [0.1, 0.15) is 25.7 Å². The molecule has 1 aliphatic rings. The zero-order chi connectivity index (χ0) is 19.8. The Balaban J connectivity index is 1.39. The standard InChI is InChI=1S/C21H25F2N3O2/c22-19-10-7-17(15-20(19)23)25-21(27)24-16-5-8-18(9-6-16)28-14-4-13-26-11-2-1-3-12-26/h5-10,15H,1-4,11-14H2,(H2,24,25,27). The van der Waals surface area contributed by atoms with Crippen molar-refractivity contribution in [2.45, 2.75) is 25.7 Å². The summed E-state index contributed by atoms with van der Waals surface area (Å²) < 4.78 is 31.8. The topological polar surface area (TPSA) is 53.6 Å². The number of nitrogens with one attached hydrogen (secondary N) is 2. The van der Waals surface area contributed by atoms with E-state index in [-0.39, 0.29) is 5.69 Å². The molecular formula is C21H25F2N3O2. The second kappa shape index (κ2) is 10.0. The Morgan fingerprint density at radius 3 is 2.32 bits per heavy atom. The number of likely N-dealkylation sites (tertiary alicyclic amines) is 1. The van der Waals surface area contributed by atoms with Crippen molar-refractivity contribution >= 4 is 17.4 Å². The molecule has 0 radical (unpaired) electrons. The molecule has 2 N–H and O–H groups in total. The number of amides is 2. The third-order valence-corrected chi connectivity index (χ3v) is 4.63. The van der Waals surface area contributed by atoms with E-state index in [2.05, 4.69) is 15.5 Å². The third kappa shape index (κ3) is 6.20. The van der Waals surface area contributed by atoms with Gasteiger partial charge in [-0.05, 0) is 68.8 Å². The Bertz CT molecular complexity index is 778. The molecule has 0 saturated carbocycles. The van der Waals surface area contributed by atoms with Crippen molar-refractivity contribution in [2.75, 3.05) is 36.9 Å². The Morgan fingerprint density at radius 1 is 0.929 bits per heavy atom. The van der Waals surface area contributed by atoms with Crippen molar-refractivity contribution in [1.82, 2.24) is 4.90 Å². The third-order valence-electron chi connectivity index (χ3n) is 4.63. The number of urea groups is 1. The normalized spacial score (nSPS) is 14.5. The Hall–Kier alpha value is -2.67. The molecule has 2 aromatic carbocycles. The highest BCUT2D eigenvalue weighted by molar-refractivity contribution is 5.99. The number of hydrogen-bond donors (Lipinski definition) is 2. The van der Waals surface area contributed by atoms with Crippen molar-refractivity contribution in [3.8, 4) is 5.75 Å². The summed E-state index contributed by atoms with van der Waals surface area (Å²) in [5, 5.41) is 5.09. The number of anilines is 2. The molecule has 0 atom stereocenters. The van der Waals surface area contributed by atoms with Crippen LogP contribution in [-0.2, 0) is 0 Å². The molecule has 1 fully saturated rings. The van der Waals surface area contributed by atoms with E-state index in [0.29, 0.717) is 12.3 Å². The van der Waals surface area contributed by atoms with Crippen LogP contribution in [0.15, 0.2) is 42.5 Å². The fraction of sp³-hybridized carbons (Fsp3) is 0.381. The summed E-state index contributed by atoms with van der Waals surface area (Å²) >= 11 is 0. The lowest BCUT2D eigenvalue weighted by molar-refractivity contribution is 0.205. The second-order valence-electron chi connectivity index (χ2n) is 6.84. The highest BCUT2D eigenvalue weighted by Crippen LogP contribution is 2.17. The van der Waals surface area contributed by atoms with Crippen LogP contribution in [0.2, 0.25) is 0 Å². The van der Waals surface area contributed by atoms with Gasteiger partial charge in [0.1, 0.15) is 5.75 Å². The number of carbonyl (C=O) groups is 1. The number of piperidine rings is 1. The van der Waals surface area contributed by atoms with Crippen LogP contribution in [0.3, 0.4) is 0 Å². The molecule has 3 rings (SSSR count). The molecule has 0 aromatic heterocycles. The van der Waals surface area contributed by atoms with Crippen LogP contribution >= 0.6 is 0 Å². The van der Waals surface area contributed by atoms with Gasteiger partial charge in [-0.25, -0.2) is 13.6 Å². The van der Waals surface area contributed by atoms with Crippen molar-refractivity contribution in [2.24, 2.45) is 0 Å². The fourth-order valence-corrected chi connectivity index (χ4v) is 3.16. The molecule has 5 nitrogen and oxygen atoms in total. The number of ether oxygens (including phenoxy) is 1. The van der Waals surface area contributed by atoms with Crippen LogP contribution in [-0.4, -0.2) is 37.2 Å². The monoisotopic (exact) mass is 389 g/mol. The summed E-state index contributed by atoms with van der Waals surface area (Å²) in [5.41, 5.74) is 0.741. The van der Waals surface area contributed by atoms with Crippen molar-refractivity contribution in [3.63, 3.8) is 0 Å². The molecule has 1 heterocycles. The number of carbonyl (C=O) groups excluding carboxylic acids is 1. The lowest BCUT2D eigenvalue weighted by atomic mass is 10.1. The van der Waals surface area contributed by atoms with Crippen LogP contribution in [0.5, 0.6) is 5.75 Å². The Labute approximate surface area is 163 Å². The molecule has 2 amide bonds. The molecule has 1 saturated heterocycles. The lowest BCUT2D eigenvalue weighted by Gasteiger charge is -2.26. The SMILES string of the molecule is O=C(Nc1ccc(OCCCN2CCCCC2)cc1)Nc1ccc(F)c(F)c1. The maximum Gasteiger partial charge on any atom is 0.323 e. The van der Waals surface area contributed by atoms with Gasteiger partial charge >= 0.3 is 6.03 Å². The average Bonchev–Trinajstić information content (AvgIpc) is 2.70. The van der Waals surface area contributed by atoms with Gasteiger partial charge in [0.25, 0.3) is 0 Å². The van der Waals surface area contributed by atoms with Gasteiger partial charge in [0, 0.05) is 24.0 Å². The van der Waals surface area contributed by atoms with E-state index < -0.39 is 17.7 Å². The minimum Gasteiger partial charge on any atom is -0.494 e. The van der Waals surface area contributed by atoms with Gasteiger partial charge in [0.05, 0.1) is 6.61 Å². The number of benzene rings is 2. The van der Waals surface area contributed by atoms with E-state index in [1.807, 2.05) is 0 Å². The van der Waals surface area contributed by atoms with Crippen LogP contribution in [0, 0.1) is 11.6 Å². The minimum atomic E-state index is -1.01. The summed E-state index contributed by atoms with van der Waals surface area (Å²) in [6.07, 6.45) is 4.90. The van der Waals surface area contributed by atoms with E-state index in [0.717, 1.165) is 30.8 Å². The quantitative estimate of drug-likeness (QED) is 0.665. The van der Waals surface area contributed by atoms with Gasteiger partial charge in [0.15, 0.2) is 11.6 Å².